The molecule has 70 valence electrons. The summed E-state index contributed by atoms with van der Waals surface area (Å²) in [6, 6.07) is -1.21. The predicted molar refractivity (Wildman–Crippen MR) is 37.7 cm³/mol. The van der Waals surface area contributed by atoms with Crippen LogP contribution in [0.2, 0.25) is 0 Å². The van der Waals surface area contributed by atoms with Gasteiger partial charge in [0, 0.05) is 6.42 Å². The van der Waals surface area contributed by atoms with Gasteiger partial charge in [0.25, 0.3) is 5.92 Å². The Morgan fingerprint density at radius 2 is 2.25 bits per heavy atom. The quantitative estimate of drug-likeness (QED) is 0.597. The standard InChI is InChI=1S/C7H11F2NO2/c1-12-6(11)4-2-5(10)7(8,9)3-4/h4-5H,2-3,10H2,1H3/t4?,5-/m1/s1. The van der Waals surface area contributed by atoms with Crippen molar-refractivity contribution in [2.75, 3.05) is 7.11 Å². The number of carbonyl (C=O) groups excluding carboxylic acids is 1. The molecule has 1 saturated carbocycles. The highest BCUT2D eigenvalue weighted by Gasteiger charge is 2.49. The summed E-state index contributed by atoms with van der Waals surface area (Å²) in [6.45, 7) is 0. The summed E-state index contributed by atoms with van der Waals surface area (Å²) in [5.41, 5.74) is 5.14. The highest BCUT2D eigenvalue weighted by Crippen LogP contribution is 2.38. The van der Waals surface area contributed by atoms with Crippen molar-refractivity contribution in [3.8, 4) is 0 Å². The maximum Gasteiger partial charge on any atom is 0.308 e. The van der Waals surface area contributed by atoms with Crippen molar-refractivity contribution in [1.29, 1.82) is 0 Å². The van der Waals surface area contributed by atoms with E-state index < -0.39 is 30.3 Å². The number of rotatable bonds is 1. The fraction of sp³-hybridized carbons (Fsp3) is 0.857. The van der Waals surface area contributed by atoms with E-state index in [4.69, 9.17) is 5.73 Å². The van der Waals surface area contributed by atoms with Gasteiger partial charge in [-0.1, -0.05) is 0 Å². The van der Waals surface area contributed by atoms with E-state index in [0.717, 1.165) is 0 Å². The Kier molecular flexibility index (Phi) is 2.32. The number of hydrogen-bond acceptors (Lipinski definition) is 3. The van der Waals surface area contributed by atoms with E-state index in [2.05, 4.69) is 4.74 Å². The van der Waals surface area contributed by atoms with Crippen molar-refractivity contribution in [3.05, 3.63) is 0 Å². The number of hydrogen-bond donors (Lipinski definition) is 1. The van der Waals surface area contributed by atoms with E-state index in [1.54, 1.807) is 0 Å². The number of methoxy groups -OCH3 is 1. The first kappa shape index (κ1) is 9.38. The molecular formula is C7H11F2NO2. The summed E-state index contributed by atoms with van der Waals surface area (Å²) >= 11 is 0. The van der Waals surface area contributed by atoms with Gasteiger partial charge in [-0.05, 0) is 6.42 Å². The topological polar surface area (TPSA) is 52.3 Å². The van der Waals surface area contributed by atoms with Crippen LogP contribution < -0.4 is 5.73 Å². The fourth-order valence-electron chi connectivity index (χ4n) is 1.39. The largest absolute Gasteiger partial charge is 0.469 e. The molecule has 1 aliphatic rings. The number of alkyl halides is 2. The summed E-state index contributed by atoms with van der Waals surface area (Å²) in [7, 11) is 1.18. The van der Waals surface area contributed by atoms with Crippen LogP contribution >= 0.6 is 0 Å². The molecule has 1 aliphatic carbocycles. The molecule has 0 amide bonds. The van der Waals surface area contributed by atoms with Crippen LogP contribution in [0, 0.1) is 5.92 Å². The Labute approximate surface area is 68.9 Å². The number of carbonyl (C=O) groups is 1. The second-order valence-corrected chi connectivity index (χ2v) is 3.03. The van der Waals surface area contributed by atoms with Crippen molar-refractivity contribution in [2.45, 2.75) is 24.8 Å². The van der Waals surface area contributed by atoms with Gasteiger partial charge >= 0.3 is 5.97 Å². The molecule has 12 heavy (non-hydrogen) atoms. The molecule has 0 aliphatic heterocycles. The lowest BCUT2D eigenvalue weighted by Gasteiger charge is -2.12. The van der Waals surface area contributed by atoms with E-state index in [1.807, 2.05) is 0 Å². The maximum absolute atomic E-state index is 12.8. The average molecular weight is 179 g/mol. The smallest absolute Gasteiger partial charge is 0.308 e. The van der Waals surface area contributed by atoms with Crippen molar-refractivity contribution < 1.29 is 18.3 Å². The van der Waals surface area contributed by atoms with Crippen molar-refractivity contribution in [1.82, 2.24) is 0 Å². The molecule has 0 spiro atoms. The van der Waals surface area contributed by atoms with Crippen molar-refractivity contribution in [3.63, 3.8) is 0 Å². The highest BCUT2D eigenvalue weighted by atomic mass is 19.3. The zero-order chi connectivity index (χ0) is 9.35. The average Bonchev–Trinajstić information content (AvgIpc) is 2.25. The van der Waals surface area contributed by atoms with Gasteiger partial charge in [0.2, 0.25) is 0 Å². The van der Waals surface area contributed by atoms with Crippen LogP contribution in [0.4, 0.5) is 8.78 Å². The summed E-state index contributed by atoms with van der Waals surface area (Å²) < 4.78 is 29.9. The van der Waals surface area contributed by atoms with E-state index in [0.29, 0.717) is 0 Å². The zero-order valence-electron chi connectivity index (χ0n) is 6.72. The molecule has 1 fully saturated rings. The van der Waals surface area contributed by atoms with Crippen LogP contribution in [-0.4, -0.2) is 25.0 Å². The van der Waals surface area contributed by atoms with Gasteiger partial charge in [-0.25, -0.2) is 8.78 Å². The van der Waals surface area contributed by atoms with Crippen LogP contribution in [0.1, 0.15) is 12.8 Å². The molecule has 2 atom stereocenters. The lowest BCUT2D eigenvalue weighted by atomic mass is 10.1. The van der Waals surface area contributed by atoms with Gasteiger partial charge in [0.15, 0.2) is 0 Å². The van der Waals surface area contributed by atoms with Crippen LogP contribution in [0.3, 0.4) is 0 Å². The Morgan fingerprint density at radius 3 is 2.58 bits per heavy atom. The third-order valence-corrected chi connectivity index (χ3v) is 2.13. The summed E-state index contributed by atoms with van der Waals surface area (Å²) in [5.74, 6) is -4.25. The number of esters is 1. The zero-order valence-corrected chi connectivity index (χ0v) is 6.72. The second kappa shape index (κ2) is 2.97. The van der Waals surface area contributed by atoms with Crippen LogP contribution in [-0.2, 0) is 9.53 Å². The summed E-state index contributed by atoms with van der Waals surface area (Å²) in [5, 5.41) is 0. The molecule has 5 heteroatoms. The van der Waals surface area contributed by atoms with Crippen LogP contribution in [0.25, 0.3) is 0 Å². The highest BCUT2D eigenvalue weighted by molar-refractivity contribution is 5.73. The molecule has 3 nitrogen and oxygen atoms in total. The number of ether oxygens (including phenoxy) is 1. The van der Waals surface area contributed by atoms with Crippen LogP contribution in [0.15, 0.2) is 0 Å². The fourth-order valence-corrected chi connectivity index (χ4v) is 1.39. The van der Waals surface area contributed by atoms with Crippen molar-refractivity contribution >= 4 is 5.97 Å². The molecule has 1 rings (SSSR count). The minimum Gasteiger partial charge on any atom is -0.469 e. The first-order chi connectivity index (χ1) is 5.47. The minimum atomic E-state index is -2.92. The lowest BCUT2D eigenvalue weighted by molar-refractivity contribution is -0.146. The second-order valence-electron chi connectivity index (χ2n) is 3.03. The monoisotopic (exact) mass is 179 g/mol. The van der Waals surface area contributed by atoms with Gasteiger partial charge < -0.3 is 10.5 Å². The third kappa shape index (κ3) is 1.55. The molecule has 0 aromatic heterocycles. The Hall–Kier alpha value is -0.710. The molecule has 0 heterocycles. The first-order valence-electron chi connectivity index (χ1n) is 3.68. The first-order valence-corrected chi connectivity index (χ1v) is 3.68. The van der Waals surface area contributed by atoms with Gasteiger partial charge in [0.05, 0.1) is 19.1 Å². The van der Waals surface area contributed by atoms with E-state index in [9.17, 15) is 13.6 Å². The molecular weight excluding hydrogens is 168 g/mol. The molecule has 0 radical (unpaired) electrons. The van der Waals surface area contributed by atoms with Crippen molar-refractivity contribution in [2.24, 2.45) is 11.7 Å². The van der Waals surface area contributed by atoms with E-state index in [1.165, 1.54) is 7.11 Å². The molecule has 0 aromatic rings. The van der Waals surface area contributed by atoms with E-state index >= 15 is 0 Å². The Balaban J connectivity index is 2.60. The predicted octanol–water partition coefficient (Wildman–Crippen LogP) is 0.532. The van der Waals surface area contributed by atoms with Gasteiger partial charge in [-0.15, -0.1) is 0 Å². The third-order valence-electron chi connectivity index (χ3n) is 2.13. The van der Waals surface area contributed by atoms with Gasteiger partial charge in [-0.3, -0.25) is 4.79 Å². The summed E-state index contributed by atoms with van der Waals surface area (Å²) in [4.78, 5) is 10.8. The SMILES string of the molecule is COC(=O)C1C[C@@H](N)C(F)(F)C1. The minimum absolute atomic E-state index is 0.0136. The maximum atomic E-state index is 12.8. The normalized spacial score (nSPS) is 33.3. The van der Waals surface area contributed by atoms with Gasteiger partial charge in [0.1, 0.15) is 0 Å². The molecule has 2 N–H and O–H groups in total. The van der Waals surface area contributed by atoms with Gasteiger partial charge in [-0.2, -0.15) is 0 Å². The number of halogens is 2. The molecule has 0 bridgehead atoms. The molecule has 0 aromatic carbocycles. The number of nitrogens with two attached hydrogens (primary N) is 1. The Morgan fingerprint density at radius 1 is 1.67 bits per heavy atom. The molecule has 0 saturated heterocycles. The van der Waals surface area contributed by atoms with E-state index in [-0.39, 0.29) is 6.42 Å². The van der Waals surface area contributed by atoms with Crippen LogP contribution in [0.5, 0.6) is 0 Å². The summed E-state index contributed by atoms with van der Waals surface area (Å²) in [6.07, 6.45) is -0.472. The molecule has 1 unspecified atom stereocenters. The lowest BCUT2D eigenvalue weighted by Crippen LogP contribution is -2.34. The Bertz CT molecular complexity index is 196.